The molecule has 0 aliphatic carbocycles. The minimum absolute atomic E-state index is 0.0614. The van der Waals surface area contributed by atoms with Crippen molar-refractivity contribution in [3.63, 3.8) is 0 Å². The van der Waals surface area contributed by atoms with E-state index in [4.69, 9.17) is 18.9 Å². The number of thiophene rings is 1. The number of fused-ring (bicyclic) bond motifs is 3. The molecule has 5 rings (SSSR count). The number of methoxy groups -OCH3 is 3. The highest BCUT2D eigenvalue weighted by Gasteiger charge is 2.32. The van der Waals surface area contributed by atoms with Crippen molar-refractivity contribution in [1.29, 1.82) is 0 Å². The van der Waals surface area contributed by atoms with Crippen molar-refractivity contribution in [3.8, 4) is 23.0 Å². The molecule has 188 valence electrons. The molecule has 9 nitrogen and oxygen atoms in total. The molecule has 0 unspecified atom stereocenters. The number of nitrogens with zero attached hydrogens (tertiary/aromatic N) is 1. The van der Waals surface area contributed by atoms with Crippen LogP contribution in [-0.2, 0) is 13.0 Å². The average molecular weight is 510 g/mol. The maximum atomic E-state index is 12.9. The van der Waals surface area contributed by atoms with Crippen LogP contribution < -0.4 is 29.6 Å². The molecular weight excluding hydrogens is 482 g/mol. The van der Waals surface area contributed by atoms with Gasteiger partial charge in [-0.05, 0) is 48.9 Å². The lowest BCUT2D eigenvalue weighted by molar-refractivity contribution is 0.0733. The van der Waals surface area contributed by atoms with Gasteiger partial charge in [0.25, 0.3) is 5.91 Å². The zero-order valence-corrected chi connectivity index (χ0v) is 21.3. The van der Waals surface area contributed by atoms with Crippen LogP contribution in [0.2, 0.25) is 0 Å². The molecule has 2 aromatic carbocycles. The second-order valence-corrected chi connectivity index (χ2v) is 9.72. The Hall–Kier alpha value is -3.76. The Bertz CT molecular complexity index is 1290. The predicted molar refractivity (Wildman–Crippen MR) is 136 cm³/mol. The van der Waals surface area contributed by atoms with E-state index in [-0.39, 0.29) is 17.6 Å². The number of nitrogens with one attached hydrogen (secondary N) is 2. The molecule has 3 heterocycles. The summed E-state index contributed by atoms with van der Waals surface area (Å²) in [6.45, 7) is 1.81. The fraction of sp³-hybridized carbons (Fsp3) is 0.308. The molecule has 0 fully saturated rings. The van der Waals surface area contributed by atoms with Crippen molar-refractivity contribution < 1.29 is 28.5 Å². The van der Waals surface area contributed by atoms with Gasteiger partial charge in [-0.3, -0.25) is 4.79 Å². The molecule has 36 heavy (non-hydrogen) atoms. The first kappa shape index (κ1) is 24.0. The van der Waals surface area contributed by atoms with Gasteiger partial charge in [-0.1, -0.05) is 12.1 Å². The molecule has 2 aliphatic rings. The molecule has 2 N–H and O–H groups in total. The minimum Gasteiger partial charge on any atom is -0.493 e. The predicted octanol–water partition coefficient (Wildman–Crippen LogP) is 3.84. The first-order valence-electron chi connectivity index (χ1n) is 11.4. The minimum atomic E-state index is -0.565. The smallest absolute Gasteiger partial charge is 0.343 e. The first-order valence-corrected chi connectivity index (χ1v) is 12.3. The second kappa shape index (κ2) is 9.71. The molecule has 1 amide bonds. The summed E-state index contributed by atoms with van der Waals surface area (Å²) in [5.41, 5.74) is 3.04. The highest BCUT2D eigenvalue weighted by Crippen LogP contribution is 2.41. The highest BCUT2D eigenvalue weighted by molar-refractivity contribution is 7.16. The number of ether oxygens (including phenoxy) is 4. The van der Waals surface area contributed by atoms with E-state index < -0.39 is 5.97 Å². The van der Waals surface area contributed by atoms with Gasteiger partial charge in [0.2, 0.25) is 5.75 Å². The Balaban J connectivity index is 1.31. The molecule has 3 aromatic rings. The van der Waals surface area contributed by atoms with Gasteiger partial charge >= 0.3 is 5.97 Å². The SMILES string of the molecule is COc1cc(C(=O)Oc2ccc([C@@H]3NC(=O)c4c(sc5c4CCN(C)C5)N3)cc2)cc(OC)c1OC. The van der Waals surface area contributed by atoms with Gasteiger partial charge in [-0.25, -0.2) is 4.79 Å². The van der Waals surface area contributed by atoms with Crippen molar-refractivity contribution >= 4 is 28.2 Å². The van der Waals surface area contributed by atoms with E-state index in [1.54, 1.807) is 23.5 Å². The van der Waals surface area contributed by atoms with Crippen LogP contribution in [-0.4, -0.2) is 51.7 Å². The van der Waals surface area contributed by atoms with E-state index >= 15 is 0 Å². The van der Waals surface area contributed by atoms with Gasteiger partial charge in [0.15, 0.2) is 11.5 Å². The van der Waals surface area contributed by atoms with Crippen molar-refractivity contribution in [2.75, 3.05) is 40.2 Å². The second-order valence-electron chi connectivity index (χ2n) is 8.62. The highest BCUT2D eigenvalue weighted by atomic mass is 32.1. The summed E-state index contributed by atoms with van der Waals surface area (Å²) in [5.74, 6) is 0.859. The van der Waals surface area contributed by atoms with E-state index in [0.717, 1.165) is 41.2 Å². The number of anilines is 1. The van der Waals surface area contributed by atoms with Crippen LogP contribution in [0.25, 0.3) is 0 Å². The standard InChI is InChI=1S/C26H27N3O6S/c1-29-10-9-17-20(13-29)36-25-21(17)24(30)27-23(28-25)14-5-7-16(8-6-14)35-26(31)15-11-18(32-2)22(34-4)19(12-15)33-3/h5-8,11-12,23,28H,9-10,13H2,1-4H3,(H,27,30)/t23-/m1/s1. The number of esters is 1. The summed E-state index contributed by atoms with van der Waals surface area (Å²) in [6.07, 6.45) is 0.506. The number of rotatable bonds is 6. The maximum Gasteiger partial charge on any atom is 0.343 e. The van der Waals surface area contributed by atoms with Crippen LogP contribution in [0.15, 0.2) is 36.4 Å². The summed E-state index contributed by atoms with van der Waals surface area (Å²) < 4.78 is 21.5. The van der Waals surface area contributed by atoms with Crippen LogP contribution >= 0.6 is 11.3 Å². The van der Waals surface area contributed by atoms with Crippen molar-refractivity contribution in [2.24, 2.45) is 0 Å². The number of carbonyl (C=O) groups is 2. The summed E-state index contributed by atoms with van der Waals surface area (Å²) in [6, 6.07) is 10.1. The van der Waals surface area contributed by atoms with Crippen LogP contribution in [0.5, 0.6) is 23.0 Å². The summed E-state index contributed by atoms with van der Waals surface area (Å²) in [4.78, 5) is 29.2. The van der Waals surface area contributed by atoms with Crippen LogP contribution in [0.4, 0.5) is 5.00 Å². The first-order chi connectivity index (χ1) is 17.4. The molecule has 0 bridgehead atoms. The Kier molecular flexibility index (Phi) is 6.46. The normalized spacial score (nSPS) is 16.8. The number of likely N-dealkylation sites (N-methyl/N-ethyl adjacent to an activating group) is 1. The average Bonchev–Trinajstić information content (AvgIpc) is 3.25. The largest absolute Gasteiger partial charge is 0.493 e. The molecule has 10 heteroatoms. The maximum absolute atomic E-state index is 12.9. The van der Waals surface area contributed by atoms with E-state index in [0.29, 0.717) is 23.0 Å². The Morgan fingerprint density at radius 3 is 2.36 bits per heavy atom. The van der Waals surface area contributed by atoms with Crippen LogP contribution in [0, 0.1) is 0 Å². The molecule has 1 atom stereocenters. The molecule has 0 spiro atoms. The molecule has 0 saturated heterocycles. The summed E-state index contributed by atoms with van der Waals surface area (Å²) in [5, 5.41) is 7.42. The summed E-state index contributed by atoms with van der Waals surface area (Å²) >= 11 is 1.65. The lowest BCUT2D eigenvalue weighted by Crippen LogP contribution is -2.38. The zero-order valence-electron chi connectivity index (χ0n) is 20.5. The van der Waals surface area contributed by atoms with Crippen molar-refractivity contribution in [1.82, 2.24) is 10.2 Å². The van der Waals surface area contributed by atoms with Gasteiger partial charge in [0, 0.05) is 18.0 Å². The molecule has 2 aliphatic heterocycles. The fourth-order valence-corrected chi connectivity index (χ4v) is 5.86. The van der Waals surface area contributed by atoms with E-state index in [9.17, 15) is 9.59 Å². The number of benzene rings is 2. The van der Waals surface area contributed by atoms with Gasteiger partial charge < -0.3 is 34.5 Å². The van der Waals surface area contributed by atoms with Crippen LogP contribution in [0.3, 0.4) is 0 Å². The monoisotopic (exact) mass is 509 g/mol. The van der Waals surface area contributed by atoms with Gasteiger partial charge in [-0.15, -0.1) is 11.3 Å². The van der Waals surface area contributed by atoms with Gasteiger partial charge in [-0.2, -0.15) is 0 Å². The topological polar surface area (TPSA) is 98.4 Å². The Morgan fingerprint density at radius 2 is 1.72 bits per heavy atom. The molecule has 1 aromatic heterocycles. The van der Waals surface area contributed by atoms with Crippen LogP contribution in [0.1, 0.15) is 42.9 Å². The summed E-state index contributed by atoms with van der Waals surface area (Å²) in [7, 11) is 6.55. The molecule has 0 radical (unpaired) electrons. The van der Waals surface area contributed by atoms with Gasteiger partial charge in [0.1, 0.15) is 16.9 Å². The third-order valence-corrected chi connectivity index (χ3v) is 7.50. The number of hydrogen-bond donors (Lipinski definition) is 2. The Morgan fingerprint density at radius 1 is 1.03 bits per heavy atom. The molecular formula is C26H27N3O6S. The van der Waals surface area contributed by atoms with E-state index in [1.807, 2.05) is 12.1 Å². The van der Waals surface area contributed by atoms with Crippen molar-refractivity contribution in [2.45, 2.75) is 19.1 Å². The lowest BCUT2D eigenvalue weighted by atomic mass is 10.0. The van der Waals surface area contributed by atoms with Crippen molar-refractivity contribution in [3.05, 3.63) is 63.5 Å². The number of amides is 1. The third kappa shape index (κ3) is 4.33. The zero-order chi connectivity index (χ0) is 25.4. The third-order valence-electron chi connectivity index (χ3n) is 6.35. The quantitative estimate of drug-likeness (QED) is 0.382. The van der Waals surface area contributed by atoms with E-state index in [1.165, 1.54) is 38.3 Å². The fourth-order valence-electron chi connectivity index (χ4n) is 4.50. The van der Waals surface area contributed by atoms with E-state index in [2.05, 4.69) is 22.6 Å². The van der Waals surface area contributed by atoms with Gasteiger partial charge in [0.05, 0.1) is 32.5 Å². The number of carbonyl (C=O) groups excluding carboxylic acids is 2. The Labute approximate surface area is 212 Å². The molecule has 0 saturated carbocycles. The lowest BCUT2D eigenvalue weighted by Gasteiger charge is -2.27. The number of hydrogen-bond acceptors (Lipinski definition) is 9.